The highest BCUT2D eigenvalue weighted by molar-refractivity contribution is 5.80. The van der Waals surface area contributed by atoms with E-state index in [0.717, 1.165) is 18.4 Å². The van der Waals surface area contributed by atoms with Gasteiger partial charge in [-0.1, -0.05) is 6.92 Å². The largest absolute Gasteiger partial charge is 0.332 e. The molecular formula is C22H20F2N8. The average molecular weight is 434 g/mol. The van der Waals surface area contributed by atoms with Gasteiger partial charge >= 0.3 is 5.92 Å². The van der Waals surface area contributed by atoms with E-state index in [1.54, 1.807) is 42.6 Å². The van der Waals surface area contributed by atoms with Crippen molar-refractivity contribution in [2.45, 2.75) is 38.2 Å². The topological polar surface area (TPSA) is 78.7 Å². The third-order valence-corrected chi connectivity index (χ3v) is 5.96. The Hall–Kier alpha value is -3.69. The second kappa shape index (κ2) is 6.65. The van der Waals surface area contributed by atoms with Gasteiger partial charge < -0.3 is 0 Å². The summed E-state index contributed by atoms with van der Waals surface area (Å²) in [6, 6.07) is 3.65. The summed E-state index contributed by atoms with van der Waals surface area (Å²) in [5.74, 6) is -3.71. The van der Waals surface area contributed by atoms with Crippen LogP contribution in [-0.2, 0) is 19.4 Å². The predicted octanol–water partition coefficient (Wildman–Crippen LogP) is 3.91. The first-order chi connectivity index (χ1) is 15.4. The van der Waals surface area contributed by atoms with Gasteiger partial charge in [0.15, 0.2) is 0 Å². The van der Waals surface area contributed by atoms with Gasteiger partial charge in [-0.3, -0.25) is 13.8 Å². The summed E-state index contributed by atoms with van der Waals surface area (Å²) in [6.45, 7) is 1.85. The first kappa shape index (κ1) is 19.0. The highest BCUT2D eigenvalue weighted by atomic mass is 19.3. The summed E-state index contributed by atoms with van der Waals surface area (Å²) in [5, 5.41) is 17.1. The van der Waals surface area contributed by atoms with Crippen molar-refractivity contribution in [3.05, 3.63) is 60.1 Å². The zero-order valence-electron chi connectivity index (χ0n) is 17.6. The van der Waals surface area contributed by atoms with E-state index in [-0.39, 0.29) is 11.3 Å². The fraction of sp³-hybridized carbons (Fsp3) is 0.318. The van der Waals surface area contributed by atoms with E-state index in [4.69, 9.17) is 0 Å². The van der Waals surface area contributed by atoms with Gasteiger partial charge in [-0.25, -0.2) is 4.98 Å². The second-order valence-corrected chi connectivity index (χ2v) is 8.28. The van der Waals surface area contributed by atoms with Crippen molar-refractivity contribution >= 4 is 16.7 Å². The fourth-order valence-corrected chi connectivity index (χ4v) is 4.12. The molecule has 4 heterocycles. The molecule has 1 aliphatic carbocycles. The minimum Gasteiger partial charge on any atom is -0.275 e. The quantitative estimate of drug-likeness (QED) is 0.419. The van der Waals surface area contributed by atoms with Gasteiger partial charge in [0.25, 0.3) is 5.78 Å². The molecule has 0 saturated heterocycles. The molecule has 5 aromatic rings. The molecule has 4 aromatic heterocycles. The third kappa shape index (κ3) is 2.89. The van der Waals surface area contributed by atoms with Crippen LogP contribution in [0.2, 0.25) is 0 Å². The van der Waals surface area contributed by atoms with Crippen LogP contribution in [0.4, 0.5) is 8.78 Å². The summed E-state index contributed by atoms with van der Waals surface area (Å²) in [6.07, 6.45) is 11.3. The van der Waals surface area contributed by atoms with Crippen molar-refractivity contribution in [3.8, 4) is 11.1 Å². The Bertz CT molecular complexity index is 1470. The lowest BCUT2D eigenvalue weighted by Gasteiger charge is -2.18. The van der Waals surface area contributed by atoms with Gasteiger partial charge in [-0.2, -0.15) is 19.0 Å². The van der Waals surface area contributed by atoms with Gasteiger partial charge in [-0.15, -0.1) is 10.2 Å². The molecule has 162 valence electrons. The van der Waals surface area contributed by atoms with Crippen LogP contribution in [0.1, 0.15) is 42.8 Å². The van der Waals surface area contributed by atoms with E-state index < -0.39 is 11.7 Å². The Morgan fingerprint density at radius 2 is 1.88 bits per heavy atom. The summed E-state index contributed by atoms with van der Waals surface area (Å²) < 4.78 is 36.6. The molecule has 0 N–H and O–H groups in total. The summed E-state index contributed by atoms with van der Waals surface area (Å²) >= 11 is 0. The fourth-order valence-electron chi connectivity index (χ4n) is 4.12. The molecule has 1 aromatic carbocycles. The van der Waals surface area contributed by atoms with Crippen LogP contribution in [0, 0.1) is 0 Å². The maximum atomic E-state index is 15.9. The van der Waals surface area contributed by atoms with Crippen LogP contribution < -0.4 is 0 Å². The number of halogens is 2. The molecule has 10 heteroatoms. The van der Waals surface area contributed by atoms with E-state index in [0.29, 0.717) is 34.5 Å². The zero-order valence-corrected chi connectivity index (χ0v) is 17.6. The molecule has 0 radical (unpaired) electrons. The predicted molar refractivity (Wildman–Crippen MR) is 113 cm³/mol. The first-order valence-electron chi connectivity index (χ1n) is 10.5. The SMILES string of the molecule is CCc1cc2nn(C)cc2cc1C(F)(F)c1nnc2ncc(-c3cnn(C4CC4)c3)cn12. The maximum Gasteiger partial charge on any atom is 0.332 e. The Kier molecular flexibility index (Phi) is 3.96. The van der Waals surface area contributed by atoms with E-state index in [2.05, 4.69) is 25.4 Å². The Morgan fingerprint density at radius 1 is 1.06 bits per heavy atom. The molecule has 0 aliphatic heterocycles. The zero-order chi connectivity index (χ0) is 22.0. The van der Waals surface area contributed by atoms with Gasteiger partial charge in [0, 0.05) is 53.9 Å². The molecule has 0 spiro atoms. The lowest BCUT2D eigenvalue weighted by atomic mass is 9.97. The molecule has 0 amide bonds. The number of hydrogen-bond acceptors (Lipinski definition) is 5. The molecule has 0 unspecified atom stereocenters. The smallest absolute Gasteiger partial charge is 0.275 e. The molecule has 1 fully saturated rings. The van der Waals surface area contributed by atoms with E-state index in [1.165, 1.54) is 10.5 Å². The Labute approximate surface area is 181 Å². The van der Waals surface area contributed by atoms with Crippen molar-refractivity contribution < 1.29 is 8.78 Å². The van der Waals surface area contributed by atoms with Gasteiger partial charge in [0.1, 0.15) is 0 Å². The van der Waals surface area contributed by atoms with Crippen molar-refractivity contribution in [1.29, 1.82) is 0 Å². The number of benzene rings is 1. The first-order valence-corrected chi connectivity index (χ1v) is 10.5. The molecule has 32 heavy (non-hydrogen) atoms. The van der Waals surface area contributed by atoms with Crippen LogP contribution in [0.15, 0.2) is 43.1 Å². The number of aryl methyl sites for hydroxylation is 2. The van der Waals surface area contributed by atoms with Gasteiger partial charge in [0.05, 0.1) is 17.8 Å². The summed E-state index contributed by atoms with van der Waals surface area (Å²) in [5.41, 5.74) is 2.61. The minimum atomic E-state index is -3.37. The number of rotatable bonds is 5. The highest BCUT2D eigenvalue weighted by Crippen LogP contribution is 2.39. The van der Waals surface area contributed by atoms with Crippen LogP contribution in [-0.4, -0.2) is 39.1 Å². The second-order valence-electron chi connectivity index (χ2n) is 8.28. The molecule has 0 bridgehead atoms. The molecule has 6 rings (SSSR count). The molecule has 1 saturated carbocycles. The van der Waals surface area contributed by atoms with Crippen LogP contribution in [0.25, 0.3) is 27.8 Å². The summed E-state index contributed by atoms with van der Waals surface area (Å²) in [7, 11) is 1.77. The standard InChI is InChI=1S/C22H20F2N8/c1-3-13-7-19-14(10-30(2)29-19)6-18(13)22(23,24)20-27-28-21-25-8-15(11-31(20)21)16-9-26-32(12-16)17-4-5-17/h6-12,17H,3-5H2,1-2H3. The number of hydrogen-bond donors (Lipinski definition) is 0. The normalized spacial score (nSPS) is 14.6. The molecule has 1 aliphatic rings. The Morgan fingerprint density at radius 3 is 2.66 bits per heavy atom. The van der Waals surface area contributed by atoms with Gasteiger partial charge in [-0.05, 0) is 37.0 Å². The number of fused-ring (bicyclic) bond motifs is 2. The number of nitrogens with zero attached hydrogens (tertiary/aromatic N) is 8. The van der Waals surface area contributed by atoms with Crippen molar-refractivity contribution in [2.24, 2.45) is 7.05 Å². The van der Waals surface area contributed by atoms with Crippen molar-refractivity contribution in [3.63, 3.8) is 0 Å². The Balaban J connectivity index is 1.48. The monoisotopic (exact) mass is 434 g/mol. The van der Waals surface area contributed by atoms with E-state index in [9.17, 15) is 0 Å². The molecular weight excluding hydrogens is 414 g/mol. The molecule has 8 nitrogen and oxygen atoms in total. The highest BCUT2D eigenvalue weighted by Gasteiger charge is 2.41. The van der Waals surface area contributed by atoms with Crippen molar-refractivity contribution in [2.75, 3.05) is 0 Å². The van der Waals surface area contributed by atoms with Crippen LogP contribution in [0.5, 0.6) is 0 Å². The average Bonchev–Trinajstić information content (AvgIpc) is 3.20. The molecule has 0 atom stereocenters. The lowest BCUT2D eigenvalue weighted by Crippen LogP contribution is -2.21. The number of aromatic nitrogens is 8. The minimum absolute atomic E-state index is 0.0956. The summed E-state index contributed by atoms with van der Waals surface area (Å²) in [4.78, 5) is 4.26. The van der Waals surface area contributed by atoms with Crippen molar-refractivity contribution in [1.82, 2.24) is 39.1 Å². The maximum absolute atomic E-state index is 15.9. The van der Waals surface area contributed by atoms with Crippen LogP contribution >= 0.6 is 0 Å². The lowest BCUT2D eigenvalue weighted by molar-refractivity contribution is 0.0310. The third-order valence-electron chi connectivity index (χ3n) is 5.96. The number of alkyl halides is 2. The van der Waals surface area contributed by atoms with Gasteiger partial charge in [0.2, 0.25) is 5.82 Å². The van der Waals surface area contributed by atoms with E-state index >= 15 is 8.78 Å². The van der Waals surface area contributed by atoms with Crippen LogP contribution in [0.3, 0.4) is 0 Å². The van der Waals surface area contributed by atoms with E-state index in [1.807, 2.05) is 17.8 Å².